The summed E-state index contributed by atoms with van der Waals surface area (Å²) in [5.41, 5.74) is 10.1. The van der Waals surface area contributed by atoms with Crippen molar-refractivity contribution in [1.29, 1.82) is 0 Å². The second-order valence-corrected chi connectivity index (χ2v) is 5.22. The van der Waals surface area contributed by atoms with Gasteiger partial charge in [-0.2, -0.15) is 0 Å². The van der Waals surface area contributed by atoms with E-state index in [1.807, 2.05) is 68.4 Å². The minimum Gasteiger partial charge on any atom is -0.398 e. The van der Waals surface area contributed by atoms with Crippen LogP contribution >= 0.6 is 0 Å². The van der Waals surface area contributed by atoms with E-state index in [-0.39, 0.29) is 5.78 Å². The molecule has 3 nitrogen and oxygen atoms in total. The Labute approximate surface area is 125 Å². The van der Waals surface area contributed by atoms with E-state index in [1.54, 1.807) is 12.1 Å². The van der Waals surface area contributed by atoms with E-state index in [2.05, 4.69) is 0 Å². The van der Waals surface area contributed by atoms with E-state index < -0.39 is 0 Å². The van der Waals surface area contributed by atoms with Crippen molar-refractivity contribution < 1.29 is 4.79 Å². The minimum atomic E-state index is -0.0760. The van der Waals surface area contributed by atoms with E-state index in [9.17, 15) is 4.79 Å². The lowest BCUT2D eigenvalue weighted by Crippen LogP contribution is -2.07. The average Bonchev–Trinajstić information content (AvgIpc) is 2.48. The van der Waals surface area contributed by atoms with Gasteiger partial charge in [-0.15, -0.1) is 0 Å². The van der Waals surface area contributed by atoms with E-state index in [0.717, 1.165) is 16.8 Å². The lowest BCUT2D eigenvalue weighted by Gasteiger charge is -2.11. The maximum absolute atomic E-state index is 12.2. The normalized spacial score (nSPS) is 10.8. The zero-order valence-electron chi connectivity index (χ0n) is 12.6. The molecule has 0 aliphatic rings. The van der Waals surface area contributed by atoms with Crippen LogP contribution < -0.4 is 10.6 Å². The smallest absolute Gasteiger partial charge is 0.187 e. The number of rotatable bonds is 4. The number of ketones is 1. The van der Waals surface area contributed by atoms with Crippen LogP contribution in [-0.4, -0.2) is 19.9 Å². The van der Waals surface area contributed by atoms with Crippen LogP contribution in [0.1, 0.15) is 21.5 Å². The molecule has 0 saturated carbocycles. The topological polar surface area (TPSA) is 46.3 Å². The maximum atomic E-state index is 12.2. The second-order valence-electron chi connectivity index (χ2n) is 5.22. The molecule has 0 aliphatic carbocycles. The van der Waals surface area contributed by atoms with E-state index >= 15 is 0 Å². The highest BCUT2D eigenvalue weighted by Gasteiger charge is 2.07. The Bertz CT molecular complexity index is 670. The van der Waals surface area contributed by atoms with Crippen molar-refractivity contribution in [2.45, 2.75) is 6.92 Å². The molecule has 0 amide bonds. The van der Waals surface area contributed by atoms with Crippen molar-refractivity contribution in [3.05, 3.63) is 65.2 Å². The summed E-state index contributed by atoms with van der Waals surface area (Å²) in [7, 11) is 3.99. The maximum Gasteiger partial charge on any atom is 0.187 e. The molecule has 3 heteroatoms. The number of hydrogen-bond donors (Lipinski definition) is 1. The number of para-hydroxylation sites is 1. The number of anilines is 2. The van der Waals surface area contributed by atoms with Crippen LogP contribution in [0.5, 0.6) is 0 Å². The van der Waals surface area contributed by atoms with E-state index in [4.69, 9.17) is 5.73 Å². The first kappa shape index (κ1) is 14.9. The molecule has 0 bridgehead atoms. The van der Waals surface area contributed by atoms with Crippen LogP contribution in [0, 0.1) is 6.92 Å². The molecule has 0 saturated heterocycles. The molecule has 2 aromatic rings. The third kappa shape index (κ3) is 3.51. The number of nitrogens with two attached hydrogens (primary N) is 1. The summed E-state index contributed by atoms with van der Waals surface area (Å²) in [6.07, 6.45) is 3.37. The van der Waals surface area contributed by atoms with Gasteiger partial charge in [-0.3, -0.25) is 4.79 Å². The number of aryl methyl sites for hydroxylation is 1. The highest BCUT2D eigenvalue weighted by molar-refractivity contribution is 6.10. The highest BCUT2D eigenvalue weighted by Crippen LogP contribution is 2.18. The molecular formula is C18H20N2O. The number of nitrogen functional groups attached to an aromatic ring is 1. The van der Waals surface area contributed by atoms with Gasteiger partial charge in [-0.25, -0.2) is 0 Å². The predicted molar refractivity (Wildman–Crippen MR) is 89.7 cm³/mol. The van der Waals surface area contributed by atoms with Crippen LogP contribution in [0.4, 0.5) is 11.4 Å². The SMILES string of the molecule is Cc1cccc(C(=O)/C=C/c2ccc(N(C)C)cc2)c1N. The summed E-state index contributed by atoms with van der Waals surface area (Å²) in [6, 6.07) is 13.5. The van der Waals surface area contributed by atoms with Crippen LogP contribution in [0.3, 0.4) is 0 Å². The highest BCUT2D eigenvalue weighted by atomic mass is 16.1. The summed E-state index contributed by atoms with van der Waals surface area (Å²) < 4.78 is 0. The Hall–Kier alpha value is -2.55. The van der Waals surface area contributed by atoms with Crippen molar-refractivity contribution in [2.75, 3.05) is 24.7 Å². The second kappa shape index (κ2) is 6.27. The average molecular weight is 280 g/mol. The molecule has 0 atom stereocenters. The molecule has 2 rings (SSSR count). The van der Waals surface area contributed by atoms with Gasteiger partial charge < -0.3 is 10.6 Å². The van der Waals surface area contributed by atoms with Crippen molar-refractivity contribution in [3.63, 3.8) is 0 Å². The number of allylic oxidation sites excluding steroid dienone is 1. The quantitative estimate of drug-likeness (QED) is 0.529. The molecule has 2 aromatic carbocycles. The Morgan fingerprint density at radius 3 is 2.38 bits per heavy atom. The Balaban J connectivity index is 2.17. The number of carbonyl (C=O) groups excluding carboxylic acids is 1. The predicted octanol–water partition coefficient (Wildman–Crippen LogP) is 3.54. The number of hydrogen-bond acceptors (Lipinski definition) is 3. The van der Waals surface area contributed by atoms with Gasteiger partial charge >= 0.3 is 0 Å². The molecule has 0 unspecified atom stereocenters. The molecule has 0 fully saturated rings. The van der Waals surface area contributed by atoms with Gasteiger partial charge in [0.25, 0.3) is 0 Å². The molecule has 0 aliphatic heterocycles. The van der Waals surface area contributed by atoms with Crippen molar-refractivity contribution in [3.8, 4) is 0 Å². The zero-order chi connectivity index (χ0) is 15.4. The first-order valence-corrected chi connectivity index (χ1v) is 6.84. The molecule has 108 valence electrons. The van der Waals surface area contributed by atoms with Gasteiger partial charge in [0, 0.05) is 31.0 Å². The van der Waals surface area contributed by atoms with Crippen LogP contribution in [0.2, 0.25) is 0 Å². The van der Waals surface area contributed by atoms with E-state index in [1.165, 1.54) is 0 Å². The molecule has 0 radical (unpaired) electrons. The fourth-order valence-electron chi connectivity index (χ4n) is 2.04. The van der Waals surface area contributed by atoms with Gasteiger partial charge in [0.2, 0.25) is 0 Å². The van der Waals surface area contributed by atoms with E-state index in [0.29, 0.717) is 11.3 Å². The zero-order valence-corrected chi connectivity index (χ0v) is 12.6. The lowest BCUT2D eigenvalue weighted by atomic mass is 10.0. The fraction of sp³-hybridized carbons (Fsp3) is 0.167. The van der Waals surface area contributed by atoms with Gasteiger partial charge in [-0.05, 0) is 42.3 Å². The summed E-state index contributed by atoms with van der Waals surface area (Å²) in [6.45, 7) is 1.90. The van der Waals surface area contributed by atoms with Crippen LogP contribution in [0.15, 0.2) is 48.5 Å². The largest absolute Gasteiger partial charge is 0.398 e. The van der Waals surface area contributed by atoms with Crippen LogP contribution in [0.25, 0.3) is 6.08 Å². The number of benzene rings is 2. The standard InChI is InChI=1S/C18H20N2O/c1-13-5-4-6-16(18(13)19)17(21)12-9-14-7-10-15(11-8-14)20(2)3/h4-12H,19H2,1-3H3/b12-9+. The first-order valence-electron chi connectivity index (χ1n) is 6.84. The summed E-state index contributed by atoms with van der Waals surface area (Å²) >= 11 is 0. The summed E-state index contributed by atoms with van der Waals surface area (Å²) in [4.78, 5) is 14.2. The third-order valence-corrected chi connectivity index (χ3v) is 3.43. The van der Waals surface area contributed by atoms with Crippen molar-refractivity contribution >= 4 is 23.2 Å². The molecular weight excluding hydrogens is 260 g/mol. The molecule has 0 aromatic heterocycles. The third-order valence-electron chi connectivity index (χ3n) is 3.43. The first-order chi connectivity index (χ1) is 9.99. The van der Waals surface area contributed by atoms with Gasteiger partial charge in [0.1, 0.15) is 0 Å². The van der Waals surface area contributed by atoms with Gasteiger partial charge in [0.15, 0.2) is 5.78 Å². The Kier molecular flexibility index (Phi) is 4.43. The van der Waals surface area contributed by atoms with Gasteiger partial charge in [0.05, 0.1) is 0 Å². The van der Waals surface area contributed by atoms with Crippen molar-refractivity contribution in [1.82, 2.24) is 0 Å². The van der Waals surface area contributed by atoms with Crippen molar-refractivity contribution in [2.24, 2.45) is 0 Å². The summed E-state index contributed by atoms with van der Waals surface area (Å²) in [5, 5.41) is 0. The molecule has 0 heterocycles. The summed E-state index contributed by atoms with van der Waals surface area (Å²) in [5.74, 6) is -0.0760. The Morgan fingerprint density at radius 2 is 1.76 bits per heavy atom. The molecule has 2 N–H and O–H groups in total. The molecule has 0 spiro atoms. The minimum absolute atomic E-state index is 0.0760. The number of carbonyl (C=O) groups is 1. The Morgan fingerprint density at radius 1 is 1.10 bits per heavy atom. The lowest BCUT2D eigenvalue weighted by molar-refractivity contribution is 0.104. The van der Waals surface area contributed by atoms with Gasteiger partial charge in [-0.1, -0.05) is 30.3 Å². The monoisotopic (exact) mass is 280 g/mol. The van der Waals surface area contributed by atoms with Crippen LogP contribution in [-0.2, 0) is 0 Å². The molecule has 21 heavy (non-hydrogen) atoms. The number of nitrogens with zero attached hydrogens (tertiary/aromatic N) is 1. The fourth-order valence-corrected chi connectivity index (χ4v) is 2.04.